The molecule has 1 N–H and O–H groups in total. The van der Waals surface area contributed by atoms with Gasteiger partial charge in [0.15, 0.2) is 5.16 Å². The third-order valence-electron chi connectivity index (χ3n) is 5.42. The zero-order chi connectivity index (χ0) is 22.3. The second-order valence-corrected chi connectivity index (χ2v) is 8.69. The summed E-state index contributed by atoms with van der Waals surface area (Å²) in [5.74, 6) is 0.866. The predicted molar refractivity (Wildman–Crippen MR) is 126 cm³/mol. The number of urea groups is 1. The number of hydrogen-bond donors (Lipinski definition) is 1. The van der Waals surface area contributed by atoms with Gasteiger partial charge in [-0.1, -0.05) is 12.1 Å². The molecule has 7 nitrogen and oxygen atoms in total. The number of carbonyl (C=O) groups excluding carboxylic acids is 1. The van der Waals surface area contributed by atoms with Crippen LogP contribution in [0.1, 0.15) is 11.1 Å². The number of methoxy groups -OCH3 is 1. The minimum Gasteiger partial charge on any atom is -0.497 e. The maximum Gasteiger partial charge on any atom is 0.321 e. The number of amides is 2. The van der Waals surface area contributed by atoms with E-state index in [-0.39, 0.29) is 6.03 Å². The van der Waals surface area contributed by atoms with Crippen LogP contribution < -0.4 is 10.1 Å². The monoisotopic (exact) mass is 449 g/mol. The topological polar surface area (TPSA) is 70.6 Å². The minimum atomic E-state index is -0.0519. The number of ether oxygens (including phenoxy) is 1. The number of aromatic nitrogens is 2. The molecule has 2 amide bonds. The van der Waals surface area contributed by atoms with E-state index in [4.69, 9.17) is 4.74 Å². The molecule has 166 valence electrons. The molecule has 2 heterocycles. The van der Waals surface area contributed by atoms with Gasteiger partial charge in [0.1, 0.15) is 5.75 Å². The summed E-state index contributed by atoms with van der Waals surface area (Å²) in [5, 5.41) is 3.77. The van der Waals surface area contributed by atoms with E-state index in [1.54, 1.807) is 25.6 Å². The number of nitrogens with zero attached hydrogens (tertiary/aromatic N) is 4. The smallest absolute Gasteiger partial charge is 0.321 e. The standard InChI is InChI=1S/C24H27N5O2S/c1-18-16-21(32-23-25-10-3-11-26-23)8-9-22(18)27-24(30)29-14-12-28(13-15-29)17-19-4-6-20(31-2)7-5-19/h3-11,16H,12-15,17H2,1-2H3,(H,27,30). The van der Waals surface area contributed by atoms with Crippen molar-refractivity contribution in [1.29, 1.82) is 0 Å². The van der Waals surface area contributed by atoms with E-state index < -0.39 is 0 Å². The van der Waals surface area contributed by atoms with E-state index in [1.807, 2.05) is 42.2 Å². The highest BCUT2D eigenvalue weighted by atomic mass is 32.2. The van der Waals surface area contributed by atoms with Crippen LogP contribution in [0.5, 0.6) is 5.75 Å². The Morgan fingerprint density at radius 3 is 2.44 bits per heavy atom. The molecule has 1 saturated heterocycles. The normalized spacial score (nSPS) is 14.2. The molecule has 2 aromatic carbocycles. The predicted octanol–water partition coefficient (Wildman–Crippen LogP) is 4.29. The highest BCUT2D eigenvalue weighted by Gasteiger charge is 2.21. The summed E-state index contributed by atoms with van der Waals surface area (Å²) in [6.07, 6.45) is 3.46. The summed E-state index contributed by atoms with van der Waals surface area (Å²) in [7, 11) is 1.67. The molecular weight excluding hydrogens is 422 g/mol. The van der Waals surface area contributed by atoms with Gasteiger partial charge in [0.25, 0.3) is 0 Å². The van der Waals surface area contributed by atoms with Gasteiger partial charge in [0.2, 0.25) is 0 Å². The Morgan fingerprint density at radius 1 is 1.06 bits per heavy atom. The van der Waals surface area contributed by atoms with Gasteiger partial charge >= 0.3 is 6.03 Å². The largest absolute Gasteiger partial charge is 0.497 e. The summed E-state index contributed by atoms with van der Waals surface area (Å²) in [5.41, 5.74) is 3.09. The fraction of sp³-hybridized carbons (Fsp3) is 0.292. The Kier molecular flexibility index (Phi) is 7.24. The average molecular weight is 450 g/mol. The lowest BCUT2D eigenvalue weighted by atomic mass is 10.2. The SMILES string of the molecule is COc1ccc(CN2CCN(C(=O)Nc3ccc(Sc4ncccn4)cc3C)CC2)cc1. The van der Waals surface area contributed by atoms with Crippen molar-refractivity contribution in [3.63, 3.8) is 0 Å². The second kappa shape index (κ2) is 10.5. The molecule has 3 aromatic rings. The number of aryl methyl sites for hydroxylation is 1. The first-order valence-electron chi connectivity index (χ1n) is 10.6. The maximum absolute atomic E-state index is 12.8. The highest BCUT2D eigenvalue weighted by Crippen LogP contribution is 2.28. The lowest BCUT2D eigenvalue weighted by Crippen LogP contribution is -2.49. The van der Waals surface area contributed by atoms with Crippen LogP contribution in [0.25, 0.3) is 0 Å². The quantitative estimate of drug-likeness (QED) is 0.566. The molecule has 1 fully saturated rings. The molecule has 8 heteroatoms. The van der Waals surface area contributed by atoms with Crippen molar-refractivity contribution in [2.45, 2.75) is 23.5 Å². The van der Waals surface area contributed by atoms with Gasteiger partial charge in [-0.2, -0.15) is 0 Å². The molecule has 1 aliphatic rings. The van der Waals surface area contributed by atoms with Crippen LogP contribution in [0.15, 0.2) is 71.0 Å². The van der Waals surface area contributed by atoms with Gasteiger partial charge in [-0.3, -0.25) is 4.90 Å². The molecule has 0 saturated carbocycles. The fourth-order valence-corrected chi connectivity index (χ4v) is 4.39. The summed E-state index contributed by atoms with van der Waals surface area (Å²) in [4.78, 5) is 26.6. The van der Waals surface area contributed by atoms with Crippen LogP contribution in [0.3, 0.4) is 0 Å². The summed E-state index contributed by atoms with van der Waals surface area (Å²) in [6.45, 7) is 6.00. The van der Waals surface area contributed by atoms with E-state index in [2.05, 4.69) is 32.3 Å². The number of carbonyl (C=O) groups is 1. The maximum atomic E-state index is 12.8. The van der Waals surface area contributed by atoms with Gasteiger partial charge in [-0.25, -0.2) is 14.8 Å². The first kappa shape index (κ1) is 22.1. The van der Waals surface area contributed by atoms with Crippen molar-refractivity contribution < 1.29 is 9.53 Å². The van der Waals surface area contributed by atoms with Crippen molar-refractivity contribution in [2.24, 2.45) is 0 Å². The first-order valence-corrected chi connectivity index (χ1v) is 11.4. The molecule has 0 spiro atoms. The third-order valence-corrected chi connectivity index (χ3v) is 6.30. The van der Waals surface area contributed by atoms with E-state index in [1.165, 1.54) is 17.3 Å². The van der Waals surface area contributed by atoms with E-state index in [0.717, 1.165) is 41.5 Å². The van der Waals surface area contributed by atoms with Crippen molar-refractivity contribution in [3.8, 4) is 5.75 Å². The van der Waals surface area contributed by atoms with Crippen molar-refractivity contribution in [3.05, 3.63) is 72.1 Å². The van der Waals surface area contributed by atoms with E-state index in [0.29, 0.717) is 18.2 Å². The summed E-state index contributed by atoms with van der Waals surface area (Å²) >= 11 is 1.50. The number of piperazine rings is 1. The zero-order valence-corrected chi connectivity index (χ0v) is 19.1. The molecule has 0 aliphatic carbocycles. The zero-order valence-electron chi connectivity index (χ0n) is 18.3. The average Bonchev–Trinajstić information content (AvgIpc) is 2.82. The van der Waals surface area contributed by atoms with Crippen LogP contribution in [-0.2, 0) is 6.54 Å². The van der Waals surface area contributed by atoms with Crippen molar-refractivity contribution in [2.75, 3.05) is 38.6 Å². The van der Waals surface area contributed by atoms with Crippen LogP contribution in [-0.4, -0.2) is 59.1 Å². The Labute approximate surface area is 192 Å². The van der Waals surface area contributed by atoms with Crippen molar-refractivity contribution in [1.82, 2.24) is 19.8 Å². The molecule has 0 bridgehead atoms. The Balaban J connectivity index is 1.28. The second-order valence-electron chi connectivity index (χ2n) is 7.65. The van der Waals surface area contributed by atoms with Crippen LogP contribution in [0.4, 0.5) is 10.5 Å². The Bertz CT molecular complexity index is 1040. The molecular formula is C24H27N5O2S. The molecule has 0 atom stereocenters. The third kappa shape index (κ3) is 5.77. The fourth-order valence-electron chi connectivity index (χ4n) is 3.58. The number of anilines is 1. The lowest BCUT2D eigenvalue weighted by Gasteiger charge is -2.34. The first-order chi connectivity index (χ1) is 15.6. The number of benzene rings is 2. The van der Waals surface area contributed by atoms with Gasteiger partial charge in [0.05, 0.1) is 7.11 Å². The Morgan fingerprint density at radius 2 is 1.78 bits per heavy atom. The van der Waals surface area contributed by atoms with Crippen LogP contribution in [0.2, 0.25) is 0 Å². The van der Waals surface area contributed by atoms with Crippen LogP contribution in [0, 0.1) is 6.92 Å². The highest BCUT2D eigenvalue weighted by molar-refractivity contribution is 7.99. The summed E-state index contributed by atoms with van der Waals surface area (Å²) in [6, 6.07) is 15.9. The van der Waals surface area contributed by atoms with Gasteiger partial charge in [-0.15, -0.1) is 0 Å². The molecule has 1 aliphatic heterocycles. The van der Waals surface area contributed by atoms with E-state index in [9.17, 15) is 4.79 Å². The van der Waals surface area contributed by atoms with Gasteiger partial charge in [-0.05, 0) is 66.2 Å². The minimum absolute atomic E-state index is 0.0519. The lowest BCUT2D eigenvalue weighted by molar-refractivity contribution is 0.143. The summed E-state index contributed by atoms with van der Waals surface area (Å²) < 4.78 is 5.22. The van der Waals surface area contributed by atoms with Crippen molar-refractivity contribution >= 4 is 23.5 Å². The molecule has 0 unspecified atom stereocenters. The molecule has 4 rings (SSSR count). The Hall–Kier alpha value is -3.10. The number of rotatable bonds is 6. The van der Waals surface area contributed by atoms with Gasteiger partial charge < -0.3 is 15.0 Å². The number of hydrogen-bond acceptors (Lipinski definition) is 6. The van der Waals surface area contributed by atoms with Crippen LogP contribution >= 0.6 is 11.8 Å². The molecule has 1 aromatic heterocycles. The van der Waals surface area contributed by atoms with Gasteiger partial charge in [0, 0.05) is 55.7 Å². The van der Waals surface area contributed by atoms with E-state index >= 15 is 0 Å². The number of nitrogens with one attached hydrogen (secondary N) is 1. The molecule has 0 radical (unpaired) electrons. The molecule has 32 heavy (non-hydrogen) atoms.